The number of rotatable bonds is 7. The highest BCUT2D eigenvalue weighted by molar-refractivity contribution is 6.35. The summed E-state index contributed by atoms with van der Waals surface area (Å²) in [6.45, 7) is 5.89. The average Bonchev–Trinajstić information content (AvgIpc) is 2.84. The van der Waals surface area contributed by atoms with Crippen LogP contribution in [0.25, 0.3) is 0 Å². The molecule has 0 unspecified atom stereocenters. The normalized spacial score (nSPS) is 10.7. The summed E-state index contributed by atoms with van der Waals surface area (Å²) in [6, 6.07) is 4.79. The van der Waals surface area contributed by atoms with Crippen molar-refractivity contribution in [2.24, 2.45) is 0 Å². The summed E-state index contributed by atoms with van der Waals surface area (Å²) in [5.74, 6) is -0.571. The Morgan fingerprint density at radius 1 is 1.22 bits per heavy atom. The number of carbonyl (C=O) groups is 2. The third-order valence-electron chi connectivity index (χ3n) is 3.96. The summed E-state index contributed by atoms with van der Waals surface area (Å²) in [6.07, 6.45) is 0.717. The van der Waals surface area contributed by atoms with Crippen molar-refractivity contribution in [1.82, 2.24) is 14.7 Å². The fourth-order valence-corrected chi connectivity index (χ4v) is 3.05. The highest BCUT2D eigenvalue weighted by Gasteiger charge is 2.20. The molecule has 0 aliphatic heterocycles. The molecule has 6 nitrogen and oxygen atoms in total. The minimum Gasteiger partial charge on any atom is -0.332 e. The van der Waals surface area contributed by atoms with Crippen molar-refractivity contribution in [2.75, 3.05) is 18.4 Å². The molecule has 0 spiro atoms. The zero-order valence-corrected chi connectivity index (χ0v) is 17.6. The summed E-state index contributed by atoms with van der Waals surface area (Å²) >= 11 is 18.1. The first-order valence-electron chi connectivity index (χ1n) is 8.45. The molecule has 0 aliphatic carbocycles. The van der Waals surface area contributed by atoms with Gasteiger partial charge in [-0.25, -0.2) is 0 Å². The second-order valence-corrected chi connectivity index (χ2v) is 7.35. The van der Waals surface area contributed by atoms with Crippen LogP contribution in [0.1, 0.15) is 24.7 Å². The molecular formula is C18H21Cl3N4O2. The SMILES string of the molecule is CCCN(CC(=O)Nc1cc(Cl)ccc1Cl)C(=O)Cn1nc(C)c(Cl)c1C. The number of hydrogen-bond acceptors (Lipinski definition) is 3. The minimum absolute atomic E-state index is 0.0184. The molecule has 1 aromatic carbocycles. The Bertz CT molecular complexity index is 851. The van der Waals surface area contributed by atoms with E-state index < -0.39 is 0 Å². The second-order valence-electron chi connectivity index (χ2n) is 6.13. The summed E-state index contributed by atoms with van der Waals surface area (Å²) in [7, 11) is 0. The number of carbonyl (C=O) groups excluding carboxylic acids is 2. The lowest BCUT2D eigenvalue weighted by molar-refractivity contribution is -0.135. The first-order valence-corrected chi connectivity index (χ1v) is 9.58. The van der Waals surface area contributed by atoms with Gasteiger partial charge in [-0.1, -0.05) is 41.7 Å². The number of anilines is 1. The van der Waals surface area contributed by atoms with Crippen LogP contribution in [0.5, 0.6) is 0 Å². The highest BCUT2D eigenvalue weighted by Crippen LogP contribution is 2.25. The monoisotopic (exact) mass is 430 g/mol. The maximum atomic E-state index is 12.7. The van der Waals surface area contributed by atoms with Crippen LogP contribution in [0, 0.1) is 13.8 Å². The maximum Gasteiger partial charge on any atom is 0.244 e. The van der Waals surface area contributed by atoms with Crippen molar-refractivity contribution >= 4 is 52.3 Å². The number of nitrogens with zero attached hydrogens (tertiary/aromatic N) is 3. The number of halogens is 3. The maximum absolute atomic E-state index is 12.7. The van der Waals surface area contributed by atoms with Crippen LogP contribution in [-0.2, 0) is 16.1 Å². The number of benzene rings is 1. The fraction of sp³-hybridized carbons (Fsp3) is 0.389. The predicted molar refractivity (Wildman–Crippen MR) is 109 cm³/mol. The van der Waals surface area contributed by atoms with Gasteiger partial charge in [0.1, 0.15) is 6.54 Å². The first-order chi connectivity index (χ1) is 12.7. The molecule has 1 aromatic heterocycles. The lowest BCUT2D eigenvalue weighted by Crippen LogP contribution is -2.40. The molecule has 2 amide bonds. The molecule has 0 saturated carbocycles. The molecule has 0 fully saturated rings. The number of aromatic nitrogens is 2. The molecule has 0 radical (unpaired) electrons. The van der Waals surface area contributed by atoms with E-state index in [4.69, 9.17) is 34.8 Å². The van der Waals surface area contributed by atoms with Crippen LogP contribution in [0.2, 0.25) is 15.1 Å². The first kappa shape index (κ1) is 21.5. The van der Waals surface area contributed by atoms with Crippen molar-refractivity contribution in [3.8, 4) is 0 Å². The van der Waals surface area contributed by atoms with Crippen LogP contribution in [0.4, 0.5) is 5.69 Å². The average molecular weight is 432 g/mol. The zero-order chi connectivity index (χ0) is 20.1. The topological polar surface area (TPSA) is 67.2 Å². The van der Waals surface area contributed by atoms with E-state index in [0.29, 0.717) is 38.7 Å². The largest absolute Gasteiger partial charge is 0.332 e. The van der Waals surface area contributed by atoms with E-state index in [9.17, 15) is 9.59 Å². The molecular weight excluding hydrogens is 411 g/mol. The Labute approximate surface area is 173 Å². The van der Waals surface area contributed by atoms with Gasteiger partial charge in [-0.15, -0.1) is 0 Å². The van der Waals surface area contributed by atoms with Crippen molar-refractivity contribution in [3.63, 3.8) is 0 Å². The number of hydrogen-bond donors (Lipinski definition) is 1. The van der Waals surface area contributed by atoms with Gasteiger partial charge in [-0.2, -0.15) is 5.10 Å². The molecule has 1 heterocycles. The van der Waals surface area contributed by atoms with Gasteiger partial charge < -0.3 is 10.2 Å². The predicted octanol–water partition coefficient (Wildman–Crippen LogP) is 4.34. The number of amides is 2. The Kier molecular flexibility index (Phi) is 7.53. The highest BCUT2D eigenvalue weighted by atomic mass is 35.5. The second kappa shape index (κ2) is 9.44. The van der Waals surface area contributed by atoms with Gasteiger partial charge in [0.25, 0.3) is 0 Å². The van der Waals surface area contributed by atoms with Crippen LogP contribution in [0.3, 0.4) is 0 Å². The summed E-state index contributed by atoms with van der Waals surface area (Å²) in [4.78, 5) is 26.6. The van der Waals surface area contributed by atoms with E-state index in [2.05, 4.69) is 10.4 Å². The van der Waals surface area contributed by atoms with Gasteiger partial charge in [0.15, 0.2) is 0 Å². The summed E-state index contributed by atoms with van der Waals surface area (Å²) in [5, 5.41) is 8.33. The van der Waals surface area contributed by atoms with Crippen molar-refractivity contribution in [2.45, 2.75) is 33.7 Å². The standard InChI is InChI=1S/C18H21Cl3N4O2/c1-4-7-24(17(27)10-25-12(3)18(21)11(2)23-25)9-16(26)22-15-8-13(19)5-6-14(15)20/h5-6,8H,4,7,9-10H2,1-3H3,(H,22,26). The van der Waals surface area contributed by atoms with Gasteiger partial charge in [-0.3, -0.25) is 14.3 Å². The Morgan fingerprint density at radius 2 is 1.93 bits per heavy atom. The molecule has 27 heavy (non-hydrogen) atoms. The Hall–Kier alpha value is -1.76. The van der Waals surface area contributed by atoms with Crippen molar-refractivity contribution < 1.29 is 9.59 Å². The van der Waals surface area contributed by atoms with Crippen molar-refractivity contribution in [1.29, 1.82) is 0 Å². The third-order valence-corrected chi connectivity index (χ3v) is 5.07. The molecule has 0 atom stereocenters. The van der Waals surface area contributed by atoms with Crippen molar-refractivity contribution in [3.05, 3.63) is 44.7 Å². The lowest BCUT2D eigenvalue weighted by atomic mass is 10.3. The van der Waals surface area contributed by atoms with Crippen LogP contribution in [-0.4, -0.2) is 39.6 Å². The summed E-state index contributed by atoms with van der Waals surface area (Å²) in [5.41, 5.74) is 1.79. The van der Waals surface area contributed by atoms with E-state index in [1.165, 1.54) is 4.90 Å². The minimum atomic E-state index is -0.354. The summed E-state index contributed by atoms with van der Waals surface area (Å²) < 4.78 is 1.55. The van der Waals surface area contributed by atoms with E-state index in [-0.39, 0.29) is 24.9 Å². The van der Waals surface area contributed by atoms with E-state index >= 15 is 0 Å². The van der Waals surface area contributed by atoms with Crippen LogP contribution >= 0.6 is 34.8 Å². The smallest absolute Gasteiger partial charge is 0.244 e. The quantitative estimate of drug-likeness (QED) is 0.709. The van der Waals surface area contributed by atoms with Gasteiger partial charge in [-0.05, 0) is 38.5 Å². The molecule has 9 heteroatoms. The van der Waals surface area contributed by atoms with Crippen LogP contribution < -0.4 is 5.32 Å². The molecule has 2 aromatic rings. The molecule has 1 N–H and O–H groups in total. The number of nitrogens with one attached hydrogen (secondary N) is 1. The third kappa shape index (κ3) is 5.61. The van der Waals surface area contributed by atoms with Gasteiger partial charge >= 0.3 is 0 Å². The molecule has 0 saturated heterocycles. The van der Waals surface area contributed by atoms with Gasteiger partial charge in [0, 0.05) is 11.6 Å². The molecule has 2 rings (SSSR count). The van der Waals surface area contributed by atoms with Crippen LogP contribution in [0.15, 0.2) is 18.2 Å². The van der Waals surface area contributed by atoms with Gasteiger partial charge in [0.2, 0.25) is 11.8 Å². The lowest BCUT2D eigenvalue weighted by Gasteiger charge is -2.22. The zero-order valence-electron chi connectivity index (χ0n) is 15.4. The molecule has 0 aliphatic rings. The fourth-order valence-electron chi connectivity index (χ4n) is 2.58. The van der Waals surface area contributed by atoms with Gasteiger partial charge in [0.05, 0.1) is 33.7 Å². The molecule has 0 bridgehead atoms. The molecule has 146 valence electrons. The Balaban J connectivity index is 2.07. The van der Waals surface area contributed by atoms with E-state index in [1.807, 2.05) is 6.92 Å². The van der Waals surface area contributed by atoms with E-state index in [1.54, 1.807) is 36.7 Å². The Morgan fingerprint density at radius 3 is 2.52 bits per heavy atom. The van der Waals surface area contributed by atoms with E-state index in [0.717, 1.165) is 6.42 Å². The number of aryl methyl sites for hydroxylation is 1.